The first-order chi connectivity index (χ1) is 8.39. The molecule has 0 aliphatic rings. The molecule has 0 saturated carbocycles. The van der Waals surface area contributed by atoms with E-state index in [2.05, 4.69) is 47.2 Å². The zero-order valence-corrected chi connectivity index (χ0v) is 13.2. The van der Waals surface area contributed by atoms with Crippen molar-refractivity contribution >= 4 is 33.2 Å². The van der Waals surface area contributed by atoms with E-state index in [1.807, 2.05) is 0 Å². The molecule has 102 valence electrons. The highest BCUT2D eigenvalue weighted by molar-refractivity contribution is 9.11. The molecule has 0 spiro atoms. The fraction of sp³-hybridized carbons (Fsp3) is 0.615. The van der Waals surface area contributed by atoms with E-state index in [0.29, 0.717) is 0 Å². The second-order valence-corrected chi connectivity index (χ2v) is 7.74. The summed E-state index contributed by atoms with van der Waals surface area (Å²) in [6.45, 7) is 6.05. The van der Waals surface area contributed by atoms with Gasteiger partial charge in [-0.2, -0.15) is 0 Å². The number of aliphatic carboxylic acids is 1. The molecule has 0 amide bonds. The van der Waals surface area contributed by atoms with E-state index in [1.54, 1.807) is 11.3 Å². The van der Waals surface area contributed by atoms with Crippen LogP contribution in [0.2, 0.25) is 0 Å². The fourth-order valence-electron chi connectivity index (χ4n) is 1.66. The Hall–Kier alpha value is -0.390. The smallest absolute Gasteiger partial charge is 0.303 e. The highest BCUT2D eigenvalue weighted by Gasteiger charge is 2.18. The molecular formula is C13H20BrNO2S. The molecule has 5 heteroatoms. The van der Waals surface area contributed by atoms with Crippen molar-refractivity contribution in [3.63, 3.8) is 0 Å². The van der Waals surface area contributed by atoms with Gasteiger partial charge in [0.15, 0.2) is 0 Å². The van der Waals surface area contributed by atoms with Crippen LogP contribution in [0.5, 0.6) is 0 Å². The Labute approximate surface area is 121 Å². The summed E-state index contributed by atoms with van der Waals surface area (Å²) in [5.74, 6) is -0.709. The van der Waals surface area contributed by atoms with E-state index >= 15 is 0 Å². The topological polar surface area (TPSA) is 49.3 Å². The van der Waals surface area contributed by atoms with Crippen LogP contribution < -0.4 is 5.32 Å². The van der Waals surface area contributed by atoms with Crippen molar-refractivity contribution in [3.8, 4) is 0 Å². The molecular weight excluding hydrogens is 314 g/mol. The van der Waals surface area contributed by atoms with Gasteiger partial charge in [0.2, 0.25) is 0 Å². The van der Waals surface area contributed by atoms with Crippen molar-refractivity contribution in [2.75, 3.05) is 6.54 Å². The molecule has 0 bridgehead atoms. The monoisotopic (exact) mass is 333 g/mol. The standard InChI is InChI=1S/C13H20BrNO2S/c1-13(2,6-5-12(16)17)7-8-15-9-10-3-4-11(14)18-10/h3-4,15H,5-9H2,1-2H3,(H,16,17). The summed E-state index contributed by atoms with van der Waals surface area (Å²) in [4.78, 5) is 11.9. The average molecular weight is 334 g/mol. The summed E-state index contributed by atoms with van der Waals surface area (Å²) in [6, 6.07) is 4.16. The molecule has 18 heavy (non-hydrogen) atoms. The van der Waals surface area contributed by atoms with Gasteiger partial charge in [0.25, 0.3) is 0 Å². The van der Waals surface area contributed by atoms with Crippen LogP contribution in [0.15, 0.2) is 15.9 Å². The summed E-state index contributed by atoms with van der Waals surface area (Å²) in [6.07, 6.45) is 1.98. The first-order valence-electron chi connectivity index (χ1n) is 6.06. The molecule has 1 heterocycles. The van der Waals surface area contributed by atoms with Crippen LogP contribution in [0, 0.1) is 5.41 Å². The first-order valence-corrected chi connectivity index (χ1v) is 7.67. The van der Waals surface area contributed by atoms with Crippen molar-refractivity contribution in [2.24, 2.45) is 5.41 Å². The van der Waals surface area contributed by atoms with Gasteiger partial charge in [-0.15, -0.1) is 11.3 Å². The maximum absolute atomic E-state index is 10.5. The van der Waals surface area contributed by atoms with Gasteiger partial charge in [-0.3, -0.25) is 4.79 Å². The summed E-state index contributed by atoms with van der Waals surface area (Å²) in [5.41, 5.74) is 0.0847. The van der Waals surface area contributed by atoms with E-state index in [-0.39, 0.29) is 11.8 Å². The van der Waals surface area contributed by atoms with E-state index in [0.717, 1.165) is 29.7 Å². The minimum Gasteiger partial charge on any atom is -0.481 e. The van der Waals surface area contributed by atoms with Gasteiger partial charge in [0.05, 0.1) is 3.79 Å². The maximum atomic E-state index is 10.5. The number of carbonyl (C=O) groups is 1. The number of halogens is 1. The Kier molecular flexibility index (Phi) is 6.32. The van der Waals surface area contributed by atoms with Gasteiger partial charge in [-0.05, 0) is 52.9 Å². The van der Waals surface area contributed by atoms with Gasteiger partial charge in [0, 0.05) is 17.8 Å². The molecule has 0 saturated heterocycles. The summed E-state index contributed by atoms with van der Waals surface area (Å²) in [5, 5.41) is 12.1. The molecule has 0 unspecified atom stereocenters. The third-order valence-electron chi connectivity index (χ3n) is 2.92. The lowest BCUT2D eigenvalue weighted by molar-refractivity contribution is -0.137. The molecule has 0 atom stereocenters. The van der Waals surface area contributed by atoms with Gasteiger partial charge < -0.3 is 10.4 Å². The van der Waals surface area contributed by atoms with Crippen LogP contribution in [0.25, 0.3) is 0 Å². The zero-order chi connectivity index (χ0) is 13.6. The van der Waals surface area contributed by atoms with Gasteiger partial charge in [-0.25, -0.2) is 0 Å². The Morgan fingerprint density at radius 3 is 2.72 bits per heavy atom. The third-order valence-corrected chi connectivity index (χ3v) is 4.55. The van der Waals surface area contributed by atoms with Crippen LogP contribution in [0.4, 0.5) is 0 Å². The highest BCUT2D eigenvalue weighted by atomic mass is 79.9. The molecule has 1 aromatic rings. The molecule has 1 rings (SSSR count). The maximum Gasteiger partial charge on any atom is 0.303 e. The summed E-state index contributed by atoms with van der Waals surface area (Å²) in [7, 11) is 0. The molecule has 0 radical (unpaired) electrons. The van der Waals surface area contributed by atoms with E-state index in [4.69, 9.17) is 5.11 Å². The van der Waals surface area contributed by atoms with E-state index < -0.39 is 5.97 Å². The Morgan fingerprint density at radius 2 is 2.17 bits per heavy atom. The van der Waals surface area contributed by atoms with Crippen LogP contribution in [-0.4, -0.2) is 17.6 Å². The second-order valence-electron chi connectivity index (χ2n) is 5.19. The van der Waals surface area contributed by atoms with Crippen molar-refractivity contribution < 1.29 is 9.90 Å². The van der Waals surface area contributed by atoms with Crippen LogP contribution >= 0.6 is 27.3 Å². The van der Waals surface area contributed by atoms with Gasteiger partial charge >= 0.3 is 5.97 Å². The number of rotatable bonds is 8. The predicted molar refractivity (Wildman–Crippen MR) is 79.0 cm³/mol. The van der Waals surface area contributed by atoms with Gasteiger partial charge in [0.1, 0.15) is 0 Å². The third kappa shape index (κ3) is 6.52. The Bertz CT molecular complexity index is 390. The minimum absolute atomic E-state index is 0.0847. The quantitative estimate of drug-likeness (QED) is 0.709. The largest absolute Gasteiger partial charge is 0.481 e. The van der Waals surface area contributed by atoms with Crippen molar-refractivity contribution in [3.05, 3.63) is 20.8 Å². The number of thiophene rings is 1. The molecule has 1 aromatic heterocycles. The van der Waals surface area contributed by atoms with Crippen LogP contribution in [0.1, 0.15) is 38.0 Å². The van der Waals surface area contributed by atoms with E-state index in [9.17, 15) is 4.79 Å². The van der Waals surface area contributed by atoms with Gasteiger partial charge in [-0.1, -0.05) is 13.8 Å². The van der Waals surface area contributed by atoms with Crippen LogP contribution in [-0.2, 0) is 11.3 Å². The second kappa shape index (κ2) is 7.26. The average Bonchev–Trinajstić information content (AvgIpc) is 2.68. The number of hydrogen-bond acceptors (Lipinski definition) is 3. The number of carboxylic acid groups (broad SMARTS) is 1. The normalized spacial score (nSPS) is 11.7. The van der Waals surface area contributed by atoms with Crippen molar-refractivity contribution in [2.45, 2.75) is 39.7 Å². The molecule has 0 fully saturated rings. The lowest BCUT2D eigenvalue weighted by atomic mass is 9.84. The summed E-state index contributed by atoms with van der Waals surface area (Å²) < 4.78 is 1.15. The van der Waals surface area contributed by atoms with Crippen molar-refractivity contribution in [1.29, 1.82) is 0 Å². The lowest BCUT2D eigenvalue weighted by Crippen LogP contribution is -2.22. The molecule has 0 aliphatic carbocycles. The zero-order valence-electron chi connectivity index (χ0n) is 10.8. The first kappa shape index (κ1) is 15.7. The van der Waals surface area contributed by atoms with E-state index in [1.165, 1.54) is 4.88 Å². The Balaban J connectivity index is 2.18. The number of carboxylic acids is 1. The lowest BCUT2D eigenvalue weighted by Gasteiger charge is -2.23. The fourth-order valence-corrected chi connectivity index (χ4v) is 3.11. The van der Waals surface area contributed by atoms with Crippen LogP contribution in [0.3, 0.4) is 0 Å². The SMILES string of the molecule is CC(C)(CCNCc1ccc(Br)s1)CCC(=O)O. The molecule has 0 aliphatic heterocycles. The summed E-state index contributed by atoms with van der Waals surface area (Å²) >= 11 is 5.18. The number of hydrogen-bond donors (Lipinski definition) is 2. The Morgan fingerprint density at radius 1 is 1.44 bits per heavy atom. The molecule has 0 aromatic carbocycles. The molecule has 3 nitrogen and oxygen atoms in total. The minimum atomic E-state index is -0.709. The highest BCUT2D eigenvalue weighted by Crippen LogP contribution is 2.26. The predicted octanol–water partition coefficient (Wildman–Crippen LogP) is 3.88. The van der Waals surface area contributed by atoms with Crippen molar-refractivity contribution in [1.82, 2.24) is 5.32 Å². The molecule has 2 N–H and O–H groups in total. The number of nitrogens with one attached hydrogen (secondary N) is 1.